The fourth-order valence-corrected chi connectivity index (χ4v) is 2.49. The van der Waals surface area contributed by atoms with Gasteiger partial charge < -0.3 is 15.2 Å². The summed E-state index contributed by atoms with van der Waals surface area (Å²) in [6.07, 6.45) is 1.25. The molecule has 6 heteroatoms. The lowest BCUT2D eigenvalue weighted by Gasteiger charge is -2.13. The van der Waals surface area contributed by atoms with Crippen LogP contribution in [0.3, 0.4) is 0 Å². The molecule has 138 valence electrons. The summed E-state index contributed by atoms with van der Waals surface area (Å²) in [6.45, 7) is 5.87. The maximum atomic E-state index is 12.5. The molecule has 0 fully saturated rings. The molecule has 0 radical (unpaired) electrons. The Labute approximate surface area is 153 Å². The molecule has 6 nitrogen and oxygen atoms in total. The SMILES string of the molecule is CCC(=O)Nc1ccc(C)n(CC(=O)NCc2ccc(CC)cc2)c1=O. The molecule has 26 heavy (non-hydrogen) atoms. The topological polar surface area (TPSA) is 80.2 Å². The first-order valence-corrected chi connectivity index (χ1v) is 8.79. The van der Waals surface area contributed by atoms with Crippen LogP contribution in [-0.2, 0) is 29.1 Å². The number of pyridine rings is 1. The van der Waals surface area contributed by atoms with E-state index in [9.17, 15) is 14.4 Å². The first-order chi connectivity index (χ1) is 12.4. The van der Waals surface area contributed by atoms with Gasteiger partial charge in [-0.1, -0.05) is 38.1 Å². The van der Waals surface area contributed by atoms with E-state index in [4.69, 9.17) is 0 Å². The van der Waals surface area contributed by atoms with Gasteiger partial charge in [0.05, 0.1) is 0 Å². The minimum absolute atomic E-state index is 0.0897. The van der Waals surface area contributed by atoms with Crippen molar-refractivity contribution in [2.75, 3.05) is 5.32 Å². The van der Waals surface area contributed by atoms with Crippen molar-refractivity contribution in [1.29, 1.82) is 0 Å². The second-order valence-electron chi connectivity index (χ2n) is 6.13. The van der Waals surface area contributed by atoms with E-state index in [0.717, 1.165) is 12.0 Å². The van der Waals surface area contributed by atoms with Crippen molar-refractivity contribution in [3.8, 4) is 0 Å². The lowest BCUT2D eigenvalue weighted by molar-refractivity contribution is -0.122. The summed E-state index contributed by atoms with van der Waals surface area (Å²) < 4.78 is 1.36. The molecule has 0 bridgehead atoms. The number of carbonyl (C=O) groups is 2. The minimum Gasteiger partial charge on any atom is -0.350 e. The molecule has 0 saturated heterocycles. The quantitative estimate of drug-likeness (QED) is 0.800. The van der Waals surface area contributed by atoms with Crippen molar-refractivity contribution >= 4 is 17.5 Å². The number of rotatable bonds is 7. The Morgan fingerprint density at radius 3 is 2.23 bits per heavy atom. The highest BCUT2D eigenvalue weighted by molar-refractivity contribution is 5.90. The predicted molar refractivity (Wildman–Crippen MR) is 102 cm³/mol. The van der Waals surface area contributed by atoms with Crippen molar-refractivity contribution in [2.45, 2.75) is 46.7 Å². The molecule has 1 aromatic carbocycles. The minimum atomic E-state index is -0.380. The number of hydrogen-bond acceptors (Lipinski definition) is 3. The van der Waals surface area contributed by atoms with Crippen molar-refractivity contribution < 1.29 is 9.59 Å². The van der Waals surface area contributed by atoms with Crippen molar-refractivity contribution in [2.24, 2.45) is 0 Å². The van der Waals surface area contributed by atoms with E-state index in [2.05, 4.69) is 17.6 Å². The summed E-state index contributed by atoms with van der Waals surface area (Å²) in [6, 6.07) is 11.3. The standard InChI is InChI=1S/C20H25N3O3/c1-4-15-7-9-16(10-8-15)12-21-19(25)13-23-14(3)6-11-17(20(23)26)22-18(24)5-2/h6-11H,4-5,12-13H2,1-3H3,(H,21,25)(H,22,24). The van der Waals surface area contributed by atoms with Crippen LogP contribution in [0.2, 0.25) is 0 Å². The molecule has 0 spiro atoms. The van der Waals surface area contributed by atoms with Crippen molar-refractivity contribution in [3.63, 3.8) is 0 Å². The van der Waals surface area contributed by atoms with Gasteiger partial charge in [0, 0.05) is 18.7 Å². The number of nitrogens with one attached hydrogen (secondary N) is 2. The third kappa shape index (κ3) is 5.05. The highest BCUT2D eigenvalue weighted by Gasteiger charge is 2.11. The van der Waals surface area contributed by atoms with Gasteiger partial charge in [0.25, 0.3) is 5.56 Å². The van der Waals surface area contributed by atoms with E-state index in [0.29, 0.717) is 12.2 Å². The third-order valence-electron chi connectivity index (χ3n) is 4.21. The summed E-state index contributed by atoms with van der Waals surface area (Å²) in [5.41, 5.74) is 2.71. The maximum absolute atomic E-state index is 12.5. The van der Waals surface area contributed by atoms with Crippen LogP contribution in [-0.4, -0.2) is 16.4 Å². The number of hydrogen-bond donors (Lipinski definition) is 2. The Balaban J connectivity index is 2.04. The molecule has 0 saturated carbocycles. The molecular weight excluding hydrogens is 330 g/mol. The van der Waals surface area contributed by atoms with Crippen LogP contribution in [0.5, 0.6) is 0 Å². The van der Waals surface area contributed by atoms with Gasteiger partial charge in [-0.25, -0.2) is 0 Å². The molecule has 0 atom stereocenters. The Morgan fingerprint density at radius 1 is 0.962 bits per heavy atom. The van der Waals surface area contributed by atoms with Gasteiger partial charge in [-0.05, 0) is 36.6 Å². The maximum Gasteiger partial charge on any atom is 0.274 e. The van der Waals surface area contributed by atoms with E-state index >= 15 is 0 Å². The molecule has 0 aliphatic heterocycles. The van der Waals surface area contributed by atoms with Crippen LogP contribution in [0.25, 0.3) is 0 Å². The number of aryl methyl sites for hydroxylation is 2. The highest BCUT2D eigenvalue weighted by atomic mass is 16.2. The van der Waals surface area contributed by atoms with Gasteiger partial charge in [-0.2, -0.15) is 0 Å². The molecule has 0 aliphatic rings. The number of benzene rings is 1. The van der Waals surface area contributed by atoms with Gasteiger partial charge in [-0.3, -0.25) is 14.4 Å². The predicted octanol–water partition coefficient (Wildman–Crippen LogP) is 2.38. The number of carbonyl (C=O) groups excluding carboxylic acids is 2. The van der Waals surface area contributed by atoms with E-state index in [-0.39, 0.29) is 36.0 Å². The molecule has 2 aromatic rings. The van der Waals surface area contributed by atoms with Crippen LogP contribution in [0.1, 0.15) is 37.1 Å². The summed E-state index contributed by atoms with van der Waals surface area (Å²) in [4.78, 5) is 36.3. The zero-order valence-electron chi connectivity index (χ0n) is 15.5. The average Bonchev–Trinajstić information content (AvgIpc) is 2.66. The lowest BCUT2D eigenvalue weighted by Crippen LogP contribution is -2.34. The van der Waals surface area contributed by atoms with Gasteiger partial charge in [0.15, 0.2) is 0 Å². The smallest absolute Gasteiger partial charge is 0.274 e. The molecule has 2 rings (SSSR count). The number of aromatic nitrogens is 1. The molecular formula is C20H25N3O3. The summed E-state index contributed by atoms with van der Waals surface area (Å²) in [5, 5.41) is 5.39. The monoisotopic (exact) mass is 355 g/mol. The van der Waals surface area contributed by atoms with E-state index in [1.807, 2.05) is 24.3 Å². The van der Waals surface area contributed by atoms with Crippen LogP contribution >= 0.6 is 0 Å². The molecule has 0 aliphatic carbocycles. The second kappa shape index (κ2) is 8.99. The summed E-state index contributed by atoms with van der Waals surface area (Å²) >= 11 is 0. The first kappa shape index (κ1) is 19.4. The zero-order valence-corrected chi connectivity index (χ0v) is 15.5. The fourth-order valence-electron chi connectivity index (χ4n) is 2.49. The van der Waals surface area contributed by atoms with Gasteiger partial charge in [-0.15, -0.1) is 0 Å². The Kier molecular flexibility index (Phi) is 6.72. The summed E-state index contributed by atoms with van der Waals surface area (Å²) in [7, 11) is 0. The largest absolute Gasteiger partial charge is 0.350 e. The van der Waals surface area contributed by atoms with Crippen LogP contribution in [0.15, 0.2) is 41.2 Å². The van der Waals surface area contributed by atoms with Gasteiger partial charge >= 0.3 is 0 Å². The van der Waals surface area contributed by atoms with Crippen LogP contribution in [0, 0.1) is 6.92 Å². The highest BCUT2D eigenvalue weighted by Crippen LogP contribution is 2.06. The average molecular weight is 355 g/mol. The molecule has 1 aromatic heterocycles. The van der Waals surface area contributed by atoms with E-state index in [1.165, 1.54) is 10.1 Å². The summed E-state index contributed by atoms with van der Waals surface area (Å²) in [5.74, 6) is -0.494. The Morgan fingerprint density at radius 2 is 1.62 bits per heavy atom. The van der Waals surface area contributed by atoms with Crippen LogP contribution in [0.4, 0.5) is 5.69 Å². The first-order valence-electron chi connectivity index (χ1n) is 8.79. The number of anilines is 1. The Bertz CT molecular complexity index is 838. The van der Waals surface area contributed by atoms with Crippen LogP contribution < -0.4 is 16.2 Å². The molecule has 1 heterocycles. The van der Waals surface area contributed by atoms with Gasteiger partial charge in [0.2, 0.25) is 11.8 Å². The van der Waals surface area contributed by atoms with Gasteiger partial charge in [0.1, 0.15) is 12.2 Å². The fraction of sp³-hybridized carbons (Fsp3) is 0.350. The van der Waals surface area contributed by atoms with Crippen molar-refractivity contribution in [1.82, 2.24) is 9.88 Å². The van der Waals surface area contributed by atoms with E-state index in [1.54, 1.807) is 26.0 Å². The lowest BCUT2D eigenvalue weighted by atomic mass is 10.1. The van der Waals surface area contributed by atoms with Crippen molar-refractivity contribution in [3.05, 3.63) is 63.6 Å². The number of nitrogens with zero attached hydrogens (tertiary/aromatic N) is 1. The number of amides is 2. The molecule has 2 amide bonds. The second-order valence-corrected chi connectivity index (χ2v) is 6.13. The normalized spacial score (nSPS) is 10.4. The molecule has 2 N–H and O–H groups in total. The van der Waals surface area contributed by atoms with E-state index < -0.39 is 0 Å². The molecule has 0 unspecified atom stereocenters. The Hall–Kier alpha value is -2.89. The zero-order chi connectivity index (χ0) is 19.1. The third-order valence-corrected chi connectivity index (χ3v) is 4.21.